The largest absolute Gasteiger partial charge is 0.249 e. The van der Waals surface area contributed by atoms with Gasteiger partial charge in [-0.15, -0.1) is 5.10 Å². The predicted molar refractivity (Wildman–Crippen MR) is 45.2 cm³/mol. The van der Waals surface area contributed by atoms with E-state index in [4.69, 9.17) is 0 Å². The van der Waals surface area contributed by atoms with Gasteiger partial charge in [-0.25, -0.2) is 9.67 Å². The minimum atomic E-state index is 0.724. The number of aryl methyl sites for hydroxylation is 1. The van der Waals surface area contributed by atoms with E-state index in [0.717, 1.165) is 29.4 Å². The van der Waals surface area contributed by atoms with Crippen LogP contribution in [0, 0.1) is 5.92 Å². The van der Waals surface area contributed by atoms with E-state index in [0.29, 0.717) is 0 Å². The maximum absolute atomic E-state index is 4.25. The van der Waals surface area contributed by atoms with Crippen molar-refractivity contribution in [2.75, 3.05) is 0 Å². The lowest BCUT2D eigenvalue weighted by Crippen LogP contribution is -2.18. The molecule has 0 saturated carbocycles. The van der Waals surface area contributed by atoms with Crippen LogP contribution in [-0.2, 0) is 13.0 Å². The fourth-order valence-corrected chi connectivity index (χ4v) is 1.83. The Morgan fingerprint density at radius 2 is 2.45 bits per heavy atom. The molecule has 1 aliphatic rings. The Kier molecular flexibility index (Phi) is 1.71. The number of halogens is 1. The van der Waals surface area contributed by atoms with Crippen molar-refractivity contribution >= 4 is 15.9 Å². The van der Waals surface area contributed by atoms with Gasteiger partial charge in [0, 0.05) is 13.0 Å². The number of aromatic nitrogens is 3. The molecule has 11 heavy (non-hydrogen) atoms. The highest BCUT2D eigenvalue weighted by atomic mass is 79.9. The molecule has 0 fully saturated rings. The zero-order chi connectivity index (χ0) is 7.84. The molecule has 0 radical (unpaired) electrons. The number of hydrogen-bond acceptors (Lipinski definition) is 2. The number of nitrogens with zero attached hydrogens (tertiary/aromatic N) is 3. The van der Waals surface area contributed by atoms with Gasteiger partial charge >= 0.3 is 0 Å². The summed E-state index contributed by atoms with van der Waals surface area (Å²) in [4.78, 5) is 4.25. The third kappa shape index (κ3) is 1.31. The average molecular weight is 216 g/mol. The van der Waals surface area contributed by atoms with Crippen molar-refractivity contribution in [1.82, 2.24) is 14.8 Å². The Bertz CT molecular complexity index is 269. The second kappa shape index (κ2) is 2.59. The van der Waals surface area contributed by atoms with Crippen LogP contribution >= 0.6 is 15.9 Å². The fraction of sp³-hybridized carbons (Fsp3) is 0.714. The Morgan fingerprint density at radius 3 is 3.27 bits per heavy atom. The van der Waals surface area contributed by atoms with E-state index in [1.165, 1.54) is 6.42 Å². The van der Waals surface area contributed by atoms with Gasteiger partial charge in [-0.1, -0.05) is 6.92 Å². The zero-order valence-corrected chi connectivity index (χ0v) is 8.00. The highest BCUT2D eigenvalue weighted by molar-refractivity contribution is 9.10. The predicted octanol–water partition coefficient (Wildman–Crippen LogP) is 1.62. The zero-order valence-electron chi connectivity index (χ0n) is 6.42. The third-order valence-corrected chi connectivity index (χ3v) is 2.40. The first-order valence-corrected chi connectivity index (χ1v) is 4.64. The molecule has 0 amide bonds. The standard InChI is InChI=1S/C7H10BrN3/c1-5-2-3-6-9-7(8)10-11(6)4-5/h5H,2-4H2,1H3. The molecule has 0 aromatic carbocycles. The normalized spacial score (nSPS) is 23.3. The highest BCUT2D eigenvalue weighted by Crippen LogP contribution is 2.18. The second-order valence-corrected chi connectivity index (χ2v) is 3.83. The molecule has 60 valence electrons. The van der Waals surface area contributed by atoms with Crippen LogP contribution in [0.15, 0.2) is 4.73 Å². The van der Waals surface area contributed by atoms with Gasteiger partial charge in [0.15, 0.2) is 0 Å². The first-order valence-electron chi connectivity index (χ1n) is 3.85. The van der Waals surface area contributed by atoms with Crippen molar-refractivity contribution in [1.29, 1.82) is 0 Å². The van der Waals surface area contributed by atoms with Gasteiger partial charge < -0.3 is 0 Å². The van der Waals surface area contributed by atoms with Gasteiger partial charge in [0.2, 0.25) is 4.73 Å². The molecule has 4 heteroatoms. The molecule has 0 bridgehead atoms. The molecule has 1 aliphatic heterocycles. The van der Waals surface area contributed by atoms with E-state index in [1.807, 2.05) is 4.68 Å². The van der Waals surface area contributed by atoms with Crippen LogP contribution in [0.5, 0.6) is 0 Å². The monoisotopic (exact) mass is 215 g/mol. The van der Waals surface area contributed by atoms with Gasteiger partial charge in [0.25, 0.3) is 0 Å². The van der Waals surface area contributed by atoms with Crippen molar-refractivity contribution in [3.63, 3.8) is 0 Å². The van der Waals surface area contributed by atoms with Crippen LogP contribution in [0.1, 0.15) is 19.2 Å². The maximum Gasteiger partial charge on any atom is 0.217 e. The molecule has 1 aromatic rings. The van der Waals surface area contributed by atoms with Crippen LogP contribution in [-0.4, -0.2) is 14.8 Å². The molecular weight excluding hydrogens is 206 g/mol. The Hall–Kier alpha value is -0.380. The Labute approximate surface area is 73.9 Å². The smallest absolute Gasteiger partial charge is 0.217 e. The average Bonchev–Trinajstić information content (AvgIpc) is 2.27. The quantitative estimate of drug-likeness (QED) is 0.659. The van der Waals surface area contributed by atoms with Crippen LogP contribution in [0.2, 0.25) is 0 Å². The summed E-state index contributed by atoms with van der Waals surface area (Å²) in [5.41, 5.74) is 0. The lowest BCUT2D eigenvalue weighted by Gasteiger charge is -2.17. The Morgan fingerprint density at radius 1 is 1.64 bits per heavy atom. The number of fused-ring (bicyclic) bond motifs is 1. The highest BCUT2D eigenvalue weighted by Gasteiger charge is 2.17. The van der Waals surface area contributed by atoms with Crippen LogP contribution in [0.25, 0.3) is 0 Å². The second-order valence-electron chi connectivity index (χ2n) is 3.12. The summed E-state index contributed by atoms with van der Waals surface area (Å²) >= 11 is 3.27. The molecule has 2 rings (SSSR count). The van der Waals surface area contributed by atoms with E-state index in [9.17, 15) is 0 Å². The van der Waals surface area contributed by atoms with E-state index >= 15 is 0 Å². The summed E-state index contributed by atoms with van der Waals surface area (Å²) in [6.07, 6.45) is 2.31. The molecule has 0 aliphatic carbocycles. The van der Waals surface area contributed by atoms with Crippen LogP contribution in [0.3, 0.4) is 0 Å². The van der Waals surface area contributed by atoms with E-state index in [-0.39, 0.29) is 0 Å². The lowest BCUT2D eigenvalue weighted by atomic mass is 10.0. The summed E-state index contributed by atoms with van der Waals surface area (Å²) in [5.74, 6) is 1.87. The molecule has 0 saturated heterocycles. The van der Waals surface area contributed by atoms with E-state index in [1.54, 1.807) is 0 Å². The van der Waals surface area contributed by atoms with E-state index in [2.05, 4.69) is 32.9 Å². The number of hydrogen-bond donors (Lipinski definition) is 0. The molecule has 0 N–H and O–H groups in total. The molecule has 3 nitrogen and oxygen atoms in total. The lowest BCUT2D eigenvalue weighted by molar-refractivity contribution is 0.367. The van der Waals surface area contributed by atoms with Crippen LogP contribution in [0.4, 0.5) is 0 Å². The van der Waals surface area contributed by atoms with Crippen molar-refractivity contribution < 1.29 is 0 Å². The third-order valence-electron chi connectivity index (χ3n) is 2.07. The molecule has 0 spiro atoms. The fourth-order valence-electron chi connectivity index (χ4n) is 1.44. The minimum Gasteiger partial charge on any atom is -0.249 e. The van der Waals surface area contributed by atoms with Gasteiger partial charge in [0.05, 0.1) is 0 Å². The first kappa shape index (κ1) is 7.28. The topological polar surface area (TPSA) is 30.7 Å². The summed E-state index contributed by atoms with van der Waals surface area (Å²) in [7, 11) is 0. The van der Waals surface area contributed by atoms with E-state index < -0.39 is 0 Å². The Balaban J connectivity index is 2.34. The summed E-state index contributed by atoms with van der Waals surface area (Å²) in [6.45, 7) is 3.27. The molecule has 1 aromatic heterocycles. The van der Waals surface area contributed by atoms with Gasteiger partial charge in [-0.3, -0.25) is 0 Å². The molecule has 2 heterocycles. The van der Waals surface area contributed by atoms with Gasteiger partial charge in [0.1, 0.15) is 5.82 Å². The molecular formula is C7H10BrN3. The van der Waals surface area contributed by atoms with Crippen LogP contribution < -0.4 is 0 Å². The van der Waals surface area contributed by atoms with Crippen molar-refractivity contribution in [2.45, 2.75) is 26.3 Å². The summed E-state index contributed by atoms with van der Waals surface area (Å²) in [6, 6.07) is 0. The van der Waals surface area contributed by atoms with Crippen molar-refractivity contribution in [3.8, 4) is 0 Å². The minimum absolute atomic E-state index is 0.724. The van der Waals surface area contributed by atoms with Crippen molar-refractivity contribution in [3.05, 3.63) is 10.6 Å². The van der Waals surface area contributed by atoms with Gasteiger partial charge in [-0.05, 0) is 28.3 Å². The molecule has 1 atom stereocenters. The van der Waals surface area contributed by atoms with Crippen molar-refractivity contribution in [2.24, 2.45) is 5.92 Å². The SMILES string of the molecule is CC1CCc2nc(Br)nn2C1. The van der Waals surface area contributed by atoms with Gasteiger partial charge in [-0.2, -0.15) is 0 Å². The summed E-state index contributed by atoms with van der Waals surface area (Å²) in [5, 5.41) is 4.22. The maximum atomic E-state index is 4.25. The summed E-state index contributed by atoms with van der Waals surface area (Å²) < 4.78 is 2.72. The molecule has 1 unspecified atom stereocenters. The number of rotatable bonds is 0. The first-order chi connectivity index (χ1) is 5.25.